The molecule has 0 radical (unpaired) electrons. The van der Waals surface area contributed by atoms with Crippen molar-refractivity contribution in [1.29, 1.82) is 0 Å². The zero-order chi connectivity index (χ0) is 15.0. The molecule has 21 heavy (non-hydrogen) atoms. The van der Waals surface area contributed by atoms with Crippen LogP contribution in [0, 0.1) is 0 Å². The maximum Gasteiger partial charge on any atom is 0.519 e. The van der Waals surface area contributed by atoms with Crippen molar-refractivity contribution in [3.05, 3.63) is 33.9 Å². The van der Waals surface area contributed by atoms with E-state index in [0.717, 1.165) is 24.0 Å². The molecule has 0 bridgehead atoms. The van der Waals surface area contributed by atoms with Gasteiger partial charge in [0.15, 0.2) is 11.2 Å². The van der Waals surface area contributed by atoms with E-state index in [1.807, 2.05) is 13.0 Å². The van der Waals surface area contributed by atoms with Gasteiger partial charge in [0.2, 0.25) is 0 Å². The fourth-order valence-corrected chi connectivity index (χ4v) is 3.11. The summed E-state index contributed by atoms with van der Waals surface area (Å²) in [6, 6.07) is 3.59. The fraction of sp³-hybridized carbons (Fsp3) is 0.467. The lowest BCUT2D eigenvalue weighted by Crippen LogP contribution is -2.43. The summed E-state index contributed by atoms with van der Waals surface area (Å²) in [5.74, 6) is -0.696. The van der Waals surface area contributed by atoms with Gasteiger partial charge in [0.25, 0.3) is 0 Å². The molecule has 0 unspecified atom stereocenters. The predicted molar refractivity (Wildman–Crippen MR) is 75.6 cm³/mol. The summed E-state index contributed by atoms with van der Waals surface area (Å²) < 4.78 is 10.1. The summed E-state index contributed by atoms with van der Waals surface area (Å²) in [5, 5.41) is 9.33. The number of rotatable bonds is 3. The van der Waals surface area contributed by atoms with Crippen molar-refractivity contribution >= 4 is 17.3 Å². The van der Waals surface area contributed by atoms with Crippen LogP contribution < -0.4 is 5.82 Å². The predicted octanol–water partition coefficient (Wildman–Crippen LogP) is 2.63. The molecule has 3 rings (SSSR count). The van der Waals surface area contributed by atoms with Crippen LogP contribution in [0.25, 0.3) is 11.2 Å². The van der Waals surface area contributed by atoms with Gasteiger partial charge in [-0.1, -0.05) is 13.0 Å². The maximum absolute atomic E-state index is 11.4. The van der Waals surface area contributed by atoms with Gasteiger partial charge in [0.1, 0.15) is 0 Å². The summed E-state index contributed by atoms with van der Waals surface area (Å²) in [5.41, 5.74) is 2.97. The van der Waals surface area contributed by atoms with E-state index in [2.05, 4.69) is 0 Å². The molecule has 6 nitrogen and oxygen atoms in total. The second-order valence-corrected chi connectivity index (χ2v) is 5.36. The third-order valence-electron chi connectivity index (χ3n) is 4.03. The zero-order valence-electron chi connectivity index (χ0n) is 11.8. The topological polar surface area (TPSA) is 83.9 Å². The Labute approximate surface area is 121 Å². The van der Waals surface area contributed by atoms with Crippen molar-refractivity contribution in [3.63, 3.8) is 0 Å². The third kappa shape index (κ3) is 2.41. The molecule has 6 heteroatoms. The number of benzene rings is 1. The van der Waals surface area contributed by atoms with Crippen molar-refractivity contribution in [2.75, 3.05) is 6.54 Å². The normalized spacial score (nSPS) is 17.7. The molecule has 0 spiro atoms. The van der Waals surface area contributed by atoms with Gasteiger partial charge in [0, 0.05) is 18.2 Å². The first kappa shape index (κ1) is 13.7. The van der Waals surface area contributed by atoms with Crippen LogP contribution in [-0.4, -0.2) is 28.7 Å². The number of hydrogen-bond acceptors (Lipinski definition) is 4. The van der Waals surface area contributed by atoms with Gasteiger partial charge >= 0.3 is 11.9 Å². The molecule has 0 saturated carbocycles. The second kappa shape index (κ2) is 5.27. The second-order valence-electron chi connectivity index (χ2n) is 5.36. The number of aryl methyl sites for hydroxylation is 1. The summed E-state index contributed by atoms with van der Waals surface area (Å²) in [6.07, 6.45) is 1.99. The first-order valence-electron chi connectivity index (χ1n) is 7.14. The Morgan fingerprint density at radius 3 is 2.95 bits per heavy atom. The number of fused-ring (bicyclic) bond motifs is 3. The molecular weight excluding hydrogens is 274 g/mol. The Balaban J connectivity index is 1.93. The minimum atomic E-state index is -0.874. The van der Waals surface area contributed by atoms with Crippen molar-refractivity contribution in [2.24, 2.45) is 0 Å². The molecule has 1 aromatic heterocycles. The van der Waals surface area contributed by atoms with Crippen LogP contribution in [-0.2, 0) is 12.8 Å². The molecular formula is C15H17NO5. The lowest BCUT2D eigenvalue weighted by atomic mass is 9.87. The van der Waals surface area contributed by atoms with Gasteiger partial charge in [-0.05, 0) is 37.3 Å². The average molecular weight is 291 g/mol. The number of nitrogens with zero attached hydrogens (tertiary/aromatic N) is 1. The Bertz CT molecular complexity index is 729. The van der Waals surface area contributed by atoms with E-state index in [1.54, 1.807) is 6.07 Å². The lowest BCUT2D eigenvalue weighted by Gasteiger charge is -2.33. The van der Waals surface area contributed by atoms with Gasteiger partial charge in [-0.3, -0.25) is 0 Å². The summed E-state index contributed by atoms with van der Waals surface area (Å²) >= 11 is 0. The van der Waals surface area contributed by atoms with Crippen molar-refractivity contribution in [1.82, 2.24) is 4.90 Å². The highest BCUT2D eigenvalue weighted by Crippen LogP contribution is 2.30. The van der Waals surface area contributed by atoms with E-state index >= 15 is 0 Å². The summed E-state index contributed by atoms with van der Waals surface area (Å²) in [4.78, 5) is 24.1. The molecule has 1 aliphatic rings. The van der Waals surface area contributed by atoms with E-state index in [0.29, 0.717) is 30.6 Å². The first-order valence-corrected chi connectivity index (χ1v) is 7.14. The highest BCUT2D eigenvalue weighted by atomic mass is 16.6. The van der Waals surface area contributed by atoms with Gasteiger partial charge in [0.05, 0.1) is 0 Å². The smallest absolute Gasteiger partial charge is 0.465 e. The number of carbonyl (C=O) groups is 1. The van der Waals surface area contributed by atoms with Crippen LogP contribution in [0.2, 0.25) is 0 Å². The quantitative estimate of drug-likeness (QED) is 0.939. The number of carboxylic acid groups (broad SMARTS) is 1. The first-order chi connectivity index (χ1) is 10.1. The molecule has 1 N–H and O–H groups in total. The maximum atomic E-state index is 11.4. The van der Waals surface area contributed by atoms with E-state index in [4.69, 9.17) is 8.83 Å². The van der Waals surface area contributed by atoms with Gasteiger partial charge in [-0.2, -0.15) is 0 Å². The summed E-state index contributed by atoms with van der Waals surface area (Å²) in [7, 11) is 0. The van der Waals surface area contributed by atoms with Gasteiger partial charge in [-0.15, -0.1) is 0 Å². The van der Waals surface area contributed by atoms with Crippen molar-refractivity contribution in [3.8, 4) is 0 Å². The molecule has 0 aliphatic heterocycles. The molecule has 1 amide bonds. The Morgan fingerprint density at radius 2 is 2.24 bits per heavy atom. The van der Waals surface area contributed by atoms with Crippen LogP contribution in [0.3, 0.4) is 0 Å². The highest BCUT2D eigenvalue weighted by Gasteiger charge is 2.29. The van der Waals surface area contributed by atoms with Crippen LogP contribution in [0.1, 0.15) is 30.9 Å². The SMILES string of the molecule is CCCN(C(=O)O)[C@H]1CCc2c(ccc3oc(=O)oc23)C1. The van der Waals surface area contributed by atoms with E-state index < -0.39 is 11.9 Å². The summed E-state index contributed by atoms with van der Waals surface area (Å²) in [6.45, 7) is 2.51. The van der Waals surface area contributed by atoms with Gasteiger partial charge < -0.3 is 18.8 Å². The third-order valence-corrected chi connectivity index (χ3v) is 4.03. The molecule has 1 aliphatic carbocycles. The number of hydrogen-bond donors (Lipinski definition) is 1. The Hall–Kier alpha value is -2.24. The molecule has 1 atom stereocenters. The van der Waals surface area contributed by atoms with Crippen molar-refractivity contribution < 1.29 is 18.7 Å². The largest absolute Gasteiger partial charge is 0.519 e. The van der Waals surface area contributed by atoms with Crippen LogP contribution >= 0.6 is 0 Å². The molecule has 2 aromatic rings. The van der Waals surface area contributed by atoms with Crippen LogP contribution in [0.5, 0.6) is 0 Å². The monoisotopic (exact) mass is 291 g/mol. The van der Waals surface area contributed by atoms with Crippen LogP contribution in [0.4, 0.5) is 4.79 Å². The molecule has 0 fully saturated rings. The molecule has 1 aromatic carbocycles. The lowest BCUT2D eigenvalue weighted by molar-refractivity contribution is 0.119. The molecule has 0 saturated heterocycles. The van der Waals surface area contributed by atoms with E-state index in [-0.39, 0.29) is 6.04 Å². The van der Waals surface area contributed by atoms with Crippen molar-refractivity contribution in [2.45, 2.75) is 38.6 Å². The molecule has 112 valence electrons. The average Bonchev–Trinajstić information content (AvgIpc) is 2.84. The van der Waals surface area contributed by atoms with E-state index in [9.17, 15) is 14.7 Å². The fourth-order valence-electron chi connectivity index (χ4n) is 3.11. The Morgan fingerprint density at radius 1 is 1.43 bits per heavy atom. The molecule has 1 heterocycles. The number of amides is 1. The van der Waals surface area contributed by atoms with Crippen LogP contribution in [0.15, 0.2) is 25.8 Å². The minimum Gasteiger partial charge on any atom is -0.465 e. The Kier molecular flexibility index (Phi) is 3.45. The zero-order valence-corrected chi connectivity index (χ0v) is 11.8. The van der Waals surface area contributed by atoms with E-state index in [1.165, 1.54) is 4.90 Å². The standard InChI is InChI=1S/C15H17NO5/c1-2-7-16(14(17)18)10-4-5-11-9(8-10)3-6-12-13(11)21-15(19)20-12/h3,6,10H,2,4-5,7-8H2,1H3,(H,17,18)/t10-/m0/s1. The minimum absolute atomic E-state index is 0.0222. The highest BCUT2D eigenvalue weighted by molar-refractivity contribution is 5.76. The van der Waals surface area contributed by atoms with Gasteiger partial charge in [-0.25, -0.2) is 9.59 Å².